The molecular formula is C10H10ClNO2. The SMILES string of the molecule is CCOC(=O)c1c(Cl)cc2n1CC=C2. The number of hydrogen-bond acceptors (Lipinski definition) is 2. The van der Waals surface area contributed by atoms with Crippen molar-refractivity contribution < 1.29 is 9.53 Å². The number of hydrogen-bond donors (Lipinski definition) is 0. The highest BCUT2D eigenvalue weighted by Crippen LogP contribution is 2.26. The zero-order chi connectivity index (χ0) is 10.1. The molecule has 4 heteroatoms. The van der Waals surface area contributed by atoms with Crippen LogP contribution in [-0.2, 0) is 11.3 Å². The minimum atomic E-state index is -0.354. The number of carbonyl (C=O) groups excluding carboxylic acids is 1. The summed E-state index contributed by atoms with van der Waals surface area (Å²) in [6.07, 6.45) is 3.92. The molecule has 2 rings (SSSR count). The van der Waals surface area contributed by atoms with E-state index in [0.29, 0.717) is 23.9 Å². The van der Waals surface area contributed by atoms with Gasteiger partial charge in [0.05, 0.1) is 11.6 Å². The van der Waals surface area contributed by atoms with Crippen LogP contribution in [0.1, 0.15) is 23.1 Å². The second-order valence-electron chi connectivity index (χ2n) is 3.00. The fourth-order valence-electron chi connectivity index (χ4n) is 1.55. The number of nitrogens with zero attached hydrogens (tertiary/aromatic N) is 1. The van der Waals surface area contributed by atoms with Gasteiger partial charge in [-0.05, 0) is 19.1 Å². The van der Waals surface area contributed by atoms with E-state index in [4.69, 9.17) is 16.3 Å². The van der Waals surface area contributed by atoms with Crippen molar-refractivity contribution in [3.63, 3.8) is 0 Å². The number of aromatic nitrogens is 1. The topological polar surface area (TPSA) is 31.2 Å². The molecule has 0 fully saturated rings. The molecule has 14 heavy (non-hydrogen) atoms. The first kappa shape index (κ1) is 9.34. The average molecular weight is 212 g/mol. The summed E-state index contributed by atoms with van der Waals surface area (Å²) in [5, 5.41) is 0.461. The van der Waals surface area contributed by atoms with Crippen molar-refractivity contribution in [2.24, 2.45) is 0 Å². The lowest BCUT2D eigenvalue weighted by Crippen LogP contribution is -2.11. The fourth-order valence-corrected chi connectivity index (χ4v) is 1.85. The summed E-state index contributed by atoms with van der Waals surface area (Å²) < 4.78 is 6.77. The first-order valence-corrected chi connectivity index (χ1v) is 4.84. The van der Waals surface area contributed by atoms with Gasteiger partial charge < -0.3 is 9.30 Å². The maximum atomic E-state index is 11.5. The first-order chi connectivity index (χ1) is 6.74. The van der Waals surface area contributed by atoms with Gasteiger partial charge in [-0.3, -0.25) is 0 Å². The van der Waals surface area contributed by atoms with Crippen LogP contribution in [0.4, 0.5) is 0 Å². The molecule has 0 saturated carbocycles. The standard InChI is InChI=1S/C10H10ClNO2/c1-2-14-10(13)9-8(11)6-7-4-3-5-12(7)9/h3-4,6H,2,5H2,1H3. The third-order valence-electron chi connectivity index (χ3n) is 2.13. The summed E-state index contributed by atoms with van der Waals surface area (Å²) >= 11 is 5.94. The molecule has 0 N–H and O–H groups in total. The van der Waals surface area contributed by atoms with Gasteiger partial charge in [-0.1, -0.05) is 17.7 Å². The molecule has 0 amide bonds. The predicted octanol–water partition coefficient (Wildman–Crippen LogP) is 2.35. The molecule has 0 spiro atoms. The number of ether oxygens (including phenoxy) is 1. The maximum Gasteiger partial charge on any atom is 0.356 e. The molecule has 1 aliphatic rings. The minimum Gasteiger partial charge on any atom is -0.461 e. The second kappa shape index (κ2) is 3.50. The molecule has 2 heterocycles. The molecule has 0 saturated heterocycles. The number of halogens is 1. The molecule has 0 atom stereocenters. The summed E-state index contributed by atoms with van der Waals surface area (Å²) in [6, 6.07) is 1.78. The van der Waals surface area contributed by atoms with Gasteiger partial charge in [0.1, 0.15) is 5.69 Å². The van der Waals surface area contributed by atoms with Crippen molar-refractivity contribution >= 4 is 23.6 Å². The van der Waals surface area contributed by atoms with Crippen LogP contribution < -0.4 is 0 Å². The summed E-state index contributed by atoms with van der Waals surface area (Å²) in [5.74, 6) is -0.354. The average Bonchev–Trinajstić information content (AvgIpc) is 2.63. The van der Waals surface area contributed by atoms with Crippen molar-refractivity contribution in [3.8, 4) is 0 Å². The van der Waals surface area contributed by atoms with E-state index in [1.807, 2.05) is 16.7 Å². The van der Waals surface area contributed by atoms with E-state index in [1.165, 1.54) is 0 Å². The Bertz CT molecular complexity index is 406. The fraction of sp³-hybridized carbons (Fsp3) is 0.300. The smallest absolute Gasteiger partial charge is 0.356 e. The van der Waals surface area contributed by atoms with E-state index in [2.05, 4.69) is 0 Å². The molecule has 0 unspecified atom stereocenters. The van der Waals surface area contributed by atoms with Gasteiger partial charge in [-0.2, -0.15) is 0 Å². The molecule has 3 nitrogen and oxygen atoms in total. The van der Waals surface area contributed by atoms with Crippen molar-refractivity contribution in [2.45, 2.75) is 13.5 Å². The number of allylic oxidation sites excluding steroid dienone is 1. The highest BCUT2D eigenvalue weighted by molar-refractivity contribution is 6.33. The van der Waals surface area contributed by atoms with Crippen LogP contribution in [0, 0.1) is 0 Å². The summed E-state index contributed by atoms with van der Waals surface area (Å²) in [4.78, 5) is 11.5. The van der Waals surface area contributed by atoms with Crippen molar-refractivity contribution in [1.29, 1.82) is 0 Å². The molecule has 1 aromatic rings. The van der Waals surface area contributed by atoms with Gasteiger partial charge >= 0.3 is 5.97 Å². The zero-order valence-corrected chi connectivity index (χ0v) is 8.54. The summed E-state index contributed by atoms with van der Waals surface area (Å²) in [5.41, 5.74) is 1.41. The van der Waals surface area contributed by atoms with Crippen LogP contribution in [0.15, 0.2) is 12.1 Å². The van der Waals surface area contributed by atoms with E-state index in [9.17, 15) is 4.79 Å². The first-order valence-electron chi connectivity index (χ1n) is 4.46. The highest BCUT2D eigenvalue weighted by Gasteiger charge is 2.21. The lowest BCUT2D eigenvalue weighted by atomic mass is 10.4. The highest BCUT2D eigenvalue weighted by atomic mass is 35.5. The van der Waals surface area contributed by atoms with Gasteiger partial charge in [0.15, 0.2) is 0 Å². The van der Waals surface area contributed by atoms with Crippen LogP contribution in [0.5, 0.6) is 0 Å². The minimum absolute atomic E-state index is 0.354. The summed E-state index contributed by atoms with van der Waals surface area (Å²) in [6.45, 7) is 2.83. The van der Waals surface area contributed by atoms with E-state index >= 15 is 0 Å². The zero-order valence-electron chi connectivity index (χ0n) is 7.79. The number of carbonyl (C=O) groups is 1. The Morgan fingerprint density at radius 3 is 3.21 bits per heavy atom. The van der Waals surface area contributed by atoms with Crippen LogP contribution >= 0.6 is 11.6 Å². The van der Waals surface area contributed by atoms with Gasteiger partial charge in [0.25, 0.3) is 0 Å². The van der Waals surface area contributed by atoms with Crippen molar-refractivity contribution in [2.75, 3.05) is 6.61 Å². The van der Waals surface area contributed by atoms with Crippen molar-refractivity contribution in [3.05, 3.63) is 28.6 Å². The third-order valence-corrected chi connectivity index (χ3v) is 2.42. The van der Waals surface area contributed by atoms with E-state index in [-0.39, 0.29) is 5.97 Å². The second-order valence-corrected chi connectivity index (χ2v) is 3.41. The number of fused-ring (bicyclic) bond motifs is 1. The van der Waals surface area contributed by atoms with Crippen LogP contribution in [0.25, 0.3) is 6.08 Å². The Hall–Kier alpha value is -1.22. The lowest BCUT2D eigenvalue weighted by Gasteiger charge is -2.05. The predicted molar refractivity (Wildman–Crippen MR) is 54.4 cm³/mol. The molecule has 0 aliphatic carbocycles. The number of esters is 1. The molecule has 0 bridgehead atoms. The Balaban J connectivity index is 2.39. The monoisotopic (exact) mass is 211 g/mol. The lowest BCUT2D eigenvalue weighted by molar-refractivity contribution is 0.0515. The third kappa shape index (κ3) is 1.34. The Labute approximate surface area is 86.9 Å². The molecule has 0 aromatic carbocycles. The van der Waals surface area contributed by atoms with Gasteiger partial charge in [-0.15, -0.1) is 0 Å². The Kier molecular flexibility index (Phi) is 2.33. The molecular weight excluding hydrogens is 202 g/mol. The van der Waals surface area contributed by atoms with E-state index < -0.39 is 0 Å². The van der Waals surface area contributed by atoms with Crippen LogP contribution in [0.2, 0.25) is 5.02 Å². The Morgan fingerprint density at radius 2 is 2.50 bits per heavy atom. The van der Waals surface area contributed by atoms with Gasteiger partial charge in [-0.25, -0.2) is 4.79 Å². The van der Waals surface area contributed by atoms with Crippen molar-refractivity contribution in [1.82, 2.24) is 4.57 Å². The molecule has 1 aliphatic heterocycles. The van der Waals surface area contributed by atoms with Gasteiger partial charge in [0, 0.05) is 12.2 Å². The quantitative estimate of drug-likeness (QED) is 0.704. The maximum absolute atomic E-state index is 11.5. The molecule has 0 radical (unpaired) electrons. The van der Waals surface area contributed by atoms with Crippen LogP contribution in [-0.4, -0.2) is 17.1 Å². The van der Waals surface area contributed by atoms with Gasteiger partial charge in [0.2, 0.25) is 0 Å². The normalized spacial score (nSPS) is 13.0. The summed E-state index contributed by atoms with van der Waals surface area (Å²) in [7, 11) is 0. The molecule has 74 valence electrons. The van der Waals surface area contributed by atoms with E-state index in [1.54, 1.807) is 13.0 Å². The number of rotatable bonds is 2. The molecule has 1 aromatic heterocycles. The largest absolute Gasteiger partial charge is 0.461 e. The van der Waals surface area contributed by atoms with E-state index in [0.717, 1.165) is 5.69 Å². The Morgan fingerprint density at radius 1 is 1.71 bits per heavy atom. The van der Waals surface area contributed by atoms with Crippen LogP contribution in [0.3, 0.4) is 0 Å².